The van der Waals surface area contributed by atoms with Crippen molar-refractivity contribution in [2.24, 2.45) is 11.7 Å². The lowest BCUT2D eigenvalue weighted by Crippen LogP contribution is -2.40. The molecule has 0 aliphatic carbocycles. The highest BCUT2D eigenvalue weighted by molar-refractivity contribution is 5.99. The van der Waals surface area contributed by atoms with E-state index in [1.54, 1.807) is 0 Å². The number of likely N-dealkylation sites (tertiary alicyclic amines) is 1. The Morgan fingerprint density at radius 1 is 1.10 bits per heavy atom. The van der Waals surface area contributed by atoms with E-state index in [2.05, 4.69) is 11.1 Å². The molecule has 29 heavy (non-hydrogen) atoms. The average molecular weight is 387 g/mol. The maximum Gasteiger partial charge on any atom is 0.253 e. The molecule has 0 unspecified atom stereocenters. The fraction of sp³-hybridized carbons (Fsp3) is 0.292. The fourth-order valence-electron chi connectivity index (χ4n) is 4.18. The molecule has 0 spiro atoms. The molecule has 5 nitrogen and oxygen atoms in total. The number of carbonyl (C=O) groups excluding carboxylic acids is 2. The average Bonchev–Trinajstić information content (AvgIpc) is 2.77. The summed E-state index contributed by atoms with van der Waals surface area (Å²) in [4.78, 5) is 30.5. The van der Waals surface area contributed by atoms with Gasteiger partial charge in [-0.15, -0.1) is 0 Å². The zero-order valence-corrected chi connectivity index (χ0v) is 16.4. The van der Waals surface area contributed by atoms with Crippen LogP contribution in [0.15, 0.2) is 60.9 Å². The standard InChI is InChI=1S/C24H25N3O2/c25-23(28)11-10-17-5-4-12-27(16-17)24(29)19-8-3-7-18(13-19)22-15-26-14-20-6-1-2-9-21(20)22/h1-3,6-9,13-15,17H,4-5,10-12,16H2,(H2,25,28)/t17-/m0/s1. The Bertz CT molecular complexity index is 1040. The first-order chi connectivity index (χ1) is 14.1. The molecule has 1 aliphatic heterocycles. The van der Waals surface area contributed by atoms with Gasteiger partial charge in [-0.3, -0.25) is 14.6 Å². The molecule has 148 valence electrons. The van der Waals surface area contributed by atoms with Crippen molar-refractivity contribution >= 4 is 22.6 Å². The third kappa shape index (κ3) is 4.29. The predicted molar refractivity (Wildman–Crippen MR) is 114 cm³/mol. The molecule has 1 atom stereocenters. The first kappa shape index (κ1) is 19.1. The quantitative estimate of drug-likeness (QED) is 0.718. The lowest BCUT2D eigenvalue weighted by Gasteiger charge is -2.33. The number of rotatable bonds is 5. The van der Waals surface area contributed by atoms with Crippen LogP contribution in [0.4, 0.5) is 0 Å². The van der Waals surface area contributed by atoms with E-state index >= 15 is 0 Å². The number of carbonyl (C=O) groups is 2. The van der Waals surface area contributed by atoms with E-state index in [-0.39, 0.29) is 11.8 Å². The molecular formula is C24H25N3O2. The maximum atomic E-state index is 13.1. The molecule has 0 saturated carbocycles. The van der Waals surface area contributed by atoms with Gasteiger partial charge < -0.3 is 10.6 Å². The number of nitrogens with zero attached hydrogens (tertiary/aromatic N) is 2. The van der Waals surface area contributed by atoms with Crippen molar-refractivity contribution in [1.29, 1.82) is 0 Å². The van der Waals surface area contributed by atoms with E-state index in [4.69, 9.17) is 5.73 Å². The number of amides is 2. The number of hydrogen-bond donors (Lipinski definition) is 1. The highest BCUT2D eigenvalue weighted by Gasteiger charge is 2.25. The molecule has 0 bridgehead atoms. The molecule has 4 rings (SSSR count). The smallest absolute Gasteiger partial charge is 0.253 e. The zero-order chi connectivity index (χ0) is 20.2. The second-order valence-electron chi connectivity index (χ2n) is 7.75. The lowest BCUT2D eigenvalue weighted by atomic mass is 9.92. The van der Waals surface area contributed by atoms with Crippen LogP contribution in [0.1, 0.15) is 36.0 Å². The highest BCUT2D eigenvalue weighted by Crippen LogP contribution is 2.29. The zero-order valence-electron chi connectivity index (χ0n) is 16.4. The van der Waals surface area contributed by atoms with Gasteiger partial charge in [-0.25, -0.2) is 0 Å². The summed E-state index contributed by atoms with van der Waals surface area (Å²) in [7, 11) is 0. The molecule has 1 aromatic heterocycles. The van der Waals surface area contributed by atoms with E-state index in [0.717, 1.165) is 47.7 Å². The summed E-state index contributed by atoms with van der Waals surface area (Å²) >= 11 is 0. The van der Waals surface area contributed by atoms with Gasteiger partial charge in [0.1, 0.15) is 0 Å². The topological polar surface area (TPSA) is 76.3 Å². The Morgan fingerprint density at radius 2 is 1.97 bits per heavy atom. The van der Waals surface area contributed by atoms with Crippen LogP contribution in [0.3, 0.4) is 0 Å². The van der Waals surface area contributed by atoms with E-state index in [1.807, 2.05) is 59.8 Å². The van der Waals surface area contributed by atoms with Gasteiger partial charge in [-0.1, -0.05) is 36.4 Å². The molecular weight excluding hydrogens is 362 g/mol. The maximum absolute atomic E-state index is 13.1. The summed E-state index contributed by atoms with van der Waals surface area (Å²) in [5, 5.41) is 2.20. The van der Waals surface area contributed by atoms with Gasteiger partial charge >= 0.3 is 0 Å². The van der Waals surface area contributed by atoms with E-state index < -0.39 is 0 Å². The van der Waals surface area contributed by atoms with Crippen LogP contribution < -0.4 is 5.73 Å². The monoisotopic (exact) mass is 387 g/mol. The molecule has 2 heterocycles. The number of benzene rings is 2. The fourth-order valence-corrected chi connectivity index (χ4v) is 4.18. The van der Waals surface area contributed by atoms with Crippen molar-refractivity contribution in [3.8, 4) is 11.1 Å². The molecule has 2 amide bonds. The summed E-state index contributed by atoms with van der Waals surface area (Å²) in [6.45, 7) is 1.44. The van der Waals surface area contributed by atoms with Crippen LogP contribution in [0.25, 0.3) is 21.9 Å². The van der Waals surface area contributed by atoms with Gasteiger partial charge in [0.25, 0.3) is 5.91 Å². The lowest BCUT2D eigenvalue weighted by molar-refractivity contribution is -0.118. The van der Waals surface area contributed by atoms with Gasteiger partial charge in [0.2, 0.25) is 5.91 Å². The highest BCUT2D eigenvalue weighted by atomic mass is 16.2. The summed E-state index contributed by atoms with van der Waals surface area (Å²) in [6.07, 6.45) is 6.85. The number of fused-ring (bicyclic) bond motifs is 1. The number of aromatic nitrogens is 1. The van der Waals surface area contributed by atoms with Crippen molar-refractivity contribution in [2.45, 2.75) is 25.7 Å². The third-order valence-corrected chi connectivity index (χ3v) is 5.69. The summed E-state index contributed by atoms with van der Waals surface area (Å²) < 4.78 is 0. The summed E-state index contributed by atoms with van der Waals surface area (Å²) in [5.41, 5.74) is 7.98. The largest absolute Gasteiger partial charge is 0.370 e. The van der Waals surface area contributed by atoms with Crippen LogP contribution in [-0.2, 0) is 4.79 Å². The van der Waals surface area contributed by atoms with Gasteiger partial charge in [0, 0.05) is 48.4 Å². The van der Waals surface area contributed by atoms with E-state index in [0.29, 0.717) is 24.4 Å². The normalized spacial score (nSPS) is 16.7. The van der Waals surface area contributed by atoms with Crippen molar-refractivity contribution in [3.63, 3.8) is 0 Å². The van der Waals surface area contributed by atoms with Crippen molar-refractivity contribution < 1.29 is 9.59 Å². The van der Waals surface area contributed by atoms with Gasteiger partial charge in [0.15, 0.2) is 0 Å². The van der Waals surface area contributed by atoms with E-state index in [1.165, 1.54) is 0 Å². The molecule has 1 fully saturated rings. The Morgan fingerprint density at radius 3 is 2.83 bits per heavy atom. The Kier molecular flexibility index (Phi) is 5.56. The second-order valence-corrected chi connectivity index (χ2v) is 7.75. The summed E-state index contributed by atoms with van der Waals surface area (Å²) in [6, 6.07) is 15.9. The Balaban J connectivity index is 1.57. The first-order valence-electron chi connectivity index (χ1n) is 10.1. The van der Waals surface area contributed by atoms with Crippen molar-refractivity contribution in [3.05, 3.63) is 66.5 Å². The van der Waals surface area contributed by atoms with Crippen LogP contribution in [-0.4, -0.2) is 34.8 Å². The molecule has 2 aromatic carbocycles. The molecule has 2 N–H and O–H groups in total. The van der Waals surface area contributed by atoms with Crippen LogP contribution >= 0.6 is 0 Å². The molecule has 5 heteroatoms. The number of hydrogen-bond acceptors (Lipinski definition) is 3. The Labute approximate surface area is 170 Å². The number of primary amides is 1. The van der Waals surface area contributed by atoms with E-state index in [9.17, 15) is 9.59 Å². The molecule has 1 aliphatic rings. The van der Waals surface area contributed by atoms with Gasteiger partial charge in [0.05, 0.1) is 0 Å². The molecule has 3 aromatic rings. The SMILES string of the molecule is NC(=O)CC[C@@H]1CCCN(C(=O)c2cccc(-c3cncc4ccccc34)c2)C1. The number of nitrogens with two attached hydrogens (primary N) is 1. The van der Waals surface area contributed by atoms with Crippen molar-refractivity contribution in [2.75, 3.05) is 13.1 Å². The number of pyridine rings is 1. The predicted octanol–water partition coefficient (Wildman–Crippen LogP) is 4.02. The Hall–Kier alpha value is -3.21. The van der Waals surface area contributed by atoms with Gasteiger partial charge in [-0.2, -0.15) is 0 Å². The molecule has 1 saturated heterocycles. The van der Waals surface area contributed by atoms with Crippen LogP contribution in [0, 0.1) is 5.92 Å². The number of piperidine rings is 1. The van der Waals surface area contributed by atoms with Gasteiger partial charge in [-0.05, 0) is 48.3 Å². The summed E-state index contributed by atoms with van der Waals surface area (Å²) in [5.74, 6) is 0.110. The minimum absolute atomic E-state index is 0.0452. The van der Waals surface area contributed by atoms with Crippen LogP contribution in [0.5, 0.6) is 0 Å². The third-order valence-electron chi connectivity index (χ3n) is 5.69. The van der Waals surface area contributed by atoms with Crippen LogP contribution in [0.2, 0.25) is 0 Å². The minimum atomic E-state index is -0.273. The first-order valence-corrected chi connectivity index (χ1v) is 10.1. The molecule has 0 radical (unpaired) electrons. The van der Waals surface area contributed by atoms with Crippen molar-refractivity contribution in [1.82, 2.24) is 9.88 Å². The second kappa shape index (κ2) is 8.43. The minimum Gasteiger partial charge on any atom is -0.370 e.